The number of hydrogen-bond acceptors (Lipinski definition) is 1. The molecule has 0 atom stereocenters. The van der Waals surface area contributed by atoms with Gasteiger partial charge in [0.05, 0.1) is 12.5 Å². The first-order valence-corrected chi connectivity index (χ1v) is 5.69. The molecule has 0 radical (unpaired) electrons. The molecule has 0 fully saturated rings. The van der Waals surface area contributed by atoms with Crippen LogP contribution < -0.4 is 0 Å². The Hall–Kier alpha value is -1.29. The van der Waals surface area contributed by atoms with Gasteiger partial charge >= 0.3 is 0 Å². The molecule has 82 valence electrons. The maximum absolute atomic E-state index is 8.29. The smallest absolute Gasteiger partial charge is 0.0663 e. The summed E-state index contributed by atoms with van der Waals surface area (Å²) in [5.41, 5.74) is 0. The van der Waals surface area contributed by atoms with E-state index in [-0.39, 0.29) is 0 Å². The molecule has 1 heteroatoms. The van der Waals surface area contributed by atoms with Crippen LogP contribution in [0.5, 0.6) is 0 Å². The lowest BCUT2D eigenvalue weighted by molar-refractivity contribution is 0.761. The SMILES string of the molecule is C=CCCCC/C=C/CC/C=C/CC#N. The van der Waals surface area contributed by atoms with E-state index in [0.29, 0.717) is 6.42 Å². The number of hydrogen-bond donors (Lipinski definition) is 0. The average Bonchev–Trinajstić information content (AvgIpc) is 2.26. The molecule has 15 heavy (non-hydrogen) atoms. The Morgan fingerprint density at radius 3 is 2.13 bits per heavy atom. The predicted molar refractivity (Wildman–Crippen MR) is 66.4 cm³/mol. The number of nitrogens with zero attached hydrogens (tertiary/aromatic N) is 1. The van der Waals surface area contributed by atoms with Crippen LogP contribution in [0.15, 0.2) is 37.0 Å². The van der Waals surface area contributed by atoms with Gasteiger partial charge in [0.25, 0.3) is 0 Å². The summed E-state index contributed by atoms with van der Waals surface area (Å²) in [6.07, 6.45) is 17.9. The molecule has 0 amide bonds. The van der Waals surface area contributed by atoms with Crippen molar-refractivity contribution in [1.82, 2.24) is 0 Å². The molecule has 0 aliphatic heterocycles. The van der Waals surface area contributed by atoms with E-state index >= 15 is 0 Å². The van der Waals surface area contributed by atoms with Crippen molar-refractivity contribution >= 4 is 0 Å². The van der Waals surface area contributed by atoms with E-state index in [1.807, 2.05) is 12.2 Å². The standard InChI is InChI=1S/C14H21N/c1-2-3-4-5-6-7-8-9-10-11-12-13-14-15/h2,7-8,11-12H,1,3-6,9-10,13H2/b8-7+,12-11+. The van der Waals surface area contributed by atoms with Gasteiger partial charge in [0.2, 0.25) is 0 Å². The summed E-state index contributed by atoms with van der Waals surface area (Å²) in [7, 11) is 0. The van der Waals surface area contributed by atoms with Crippen molar-refractivity contribution in [2.75, 3.05) is 0 Å². The van der Waals surface area contributed by atoms with Gasteiger partial charge < -0.3 is 0 Å². The second kappa shape index (κ2) is 12.7. The second-order valence-electron chi connectivity index (χ2n) is 3.46. The molecule has 0 aromatic carbocycles. The Kier molecular flexibility index (Phi) is 11.6. The lowest BCUT2D eigenvalue weighted by Gasteiger charge is -1.92. The van der Waals surface area contributed by atoms with Crippen molar-refractivity contribution in [2.24, 2.45) is 0 Å². The van der Waals surface area contributed by atoms with Crippen LogP contribution in [0.3, 0.4) is 0 Å². The highest BCUT2D eigenvalue weighted by Gasteiger charge is 1.82. The van der Waals surface area contributed by atoms with E-state index < -0.39 is 0 Å². The zero-order chi connectivity index (χ0) is 11.2. The number of rotatable bonds is 9. The van der Waals surface area contributed by atoms with Crippen LogP contribution in [0.25, 0.3) is 0 Å². The fourth-order valence-corrected chi connectivity index (χ4v) is 1.23. The molecule has 0 heterocycles. The van der Waals surface area contributed by atoms with Crippen LogP contribution in [-0.2, 0) is 0 Å². The van der Waals surface area contributed by atoms with Crippen molar-refractivity contribution in [3.63, 3.8) is 0 Å². The number of nitriles is 1. The lowest BCUT2D eigenvalue weighted by atomic mass is 10.1. The molecule has 0 N–H and O–H groups in total. The molecule has 0 bridgehead atoms. The first-order valence-electron chi connectivity index (χ1n) is 5.69. The van der Waals surface area contributed by atoms with Gasteiger partial charge in [0.1, 0.15) is 0 Å². The summed E-state index contributed by atoms with van der Waals surface area (Å²) in [5, 5.41) is 8.29. The molecule has 0 aromatic heterocycles. The molecule has 0 unspecified atom stereocenters. The van der Waals surface area contributed by atoms with Gasteiger partial charge in [-0.2, -0.15) is 5.26 Å². The van der Waals surface area contributed by atoms with Crippen molar-refractivity contribution in [2.45, 2.75) is 44.9 Å². The van der Waals surface area contributed by atoms with E-state index in [2.05, 4.69) is 30.9 Å². The minimum absolute atomic E-state index is 0.533. The van der Waals surface area contributed by atoms with Crippen LogP contribution in [0, 0.1) is 11.3 Å². The zero-order valence-corrected chi connectivity index (χ0v) is 9.49. The summed E-state index contributed by atoms with van der Waals surface area (Å²) in [4.78, 5) is 0. The fraction of sp³-hybridized carbons (Fsp3) is 0.500. The Balaban J connectivity index is 3.17. The Morgan fingerprint density at radius 1 is 0.867 bits per heavy atom. The van der Waals surface area contributed by atoms with E-state index in [4.69, 9.17) is 5.26 Å². The van der Waals surface area contributed by atoms with Gasteiger partial charge in [0, 0.05) is 0 Å². The molecule has 0 rings (SSSR count). The zero-order valence-electron chi connectivity index (χ0n) is 9.49. The lowest BCUT2D eigenvalue weighted by Crippen LogP contribution is -1.72. The molecule has 0 aliphatic rings. The number of allylic oxidation sites excluding steroid dienone is 5. The summed E-state index contributed by atoms with van der Waals surface area (Å²) in [6.45, 7) is 3.69. The largest absolute Gasteiger partial charge is 0.198 e. The van der Waals surface area contributed by atoms with Gasteiger partial charge in [-0.1, -0.05) is 30.4 Å². The highest BCUT2D eigenvalue weighted by atomic mass is 14.2. The third kappa shape index (κ3) is 12.7. The average molecular weight is 203 g/mol. The quantitative estimate of drug-likeness (QED) is 0.398. The van der Waals surface area contributed by atoms with Gasteiger partial charge in [0.15, 0.2) is 0 Å². The fourth-order valence-electron chi connectivity index (χ4n) is 1.23. The van der Waals surface area contributed by atoms with Crippen molar-refractivity contribution < 1.29 is 0 Å². The molecule has 0 spiro atoms. The predicted octanol–water partition coefficient (Wildman–Crippen LogP) is 4.54. The van der Waals surface area contributed by atoms with Gasteiger partial charge in [-0.3, -0.25) is 0 Å². The molecular weight excluding hydrogens is 182 g/mol. The highest BCUT2D eigenvalue weighted by Crippen LogP contribution is 2.02. The minimum atomic E-state index is 0.533. The molecule has 0 aromatic rings. The van der Waals surface area contributed by atoms with E-state index in [1.54, 1.807) is 0 Å². The normalized spacial score (nSPS) is 10.9. The summed E-state index contributed by atoms with van der Waals surface area (Å²) >= 11 is 0. The Bertz CT molecular complexity index is 230. The topological polar surface area (TPSA) is 23.8 Å². The van der Waals surface area contributed by atoms with E-state index in [9.17, 15) is 0 Å². The number of unbranched alkanes of at least 4 members (excludes halogenated alkanes) is 4. The summed E-state index contributed by atoms with van der Waals surface area (Å²) in [6, 6.07) is 2.09. The molecule has 0 aliphatic carbocycles. The van der Waals surface area contributed by atoms with Crippen molar-refractivity contribution in [3.05, 3.63) is 37.0 Å². The molecule has 0 saturated carbocycles. The molecular formula is C14H21N. The van der Waals surface area contributed by atoms with Gasteiger partial charge in [-0.15, -0.1) is 6.58 Å². The first kappa shape index (κ1) is 13.7. The van der Waals surface area contributed by atoms with Gasteiger partial charge in [-0.05, 0) is 38.5 Å². The van der Waals surface area contributed by atoms with Crippen LogP contribution in [0.2, 0.25) is 0 Å². The van der Waals surface area contributed by atoms with Crippen LogP contribution in [0.4, 0.5) is 0 Å². The second-order valence-corrected chi connectivity index (χ2v) is 3.46. The summed E-state index contributed by atoms with van der Waals surface area (Å²) < 4.78 is 0. The van der Waals surface area contributed by atoms with Gasteiger partial charge in [-0.25, -0.2) is 0 Å². The van der Waals surface area contributed by atoms with Crippen molar-refractivity contribution in [1.29, 1.82) is 5.26 Å². The molecule has 0 saturated heterocycles. The first-order chi connectivity index (χ1) is 7.41. The van der Waals surface area contributed by atoms with E-state index in [1.165, 1.54) is 19.3 Å². The van der Waals surface area contributed by atoms with Crippen LogP contribution in [0.1, 0.15) is 44.9 Å². The monoisotopic (exact) mass is 203 g/mol. The third-order valence-electron chi connectivity index (χ3n) is 2.07. The van der Waals surface area contributed by atoms with E-state index in [0.717, 1.165) is 19.3 Å². The van der Waals surface area contributed by atoms with Crippen LogP contribution >= 0.6 is 0 Å². The third-order valence-corrected chi connectivity index (χ3v) is 2.07. The Labute approximate surface area is 93.8 Å². The van der Waals surface area contributed by atoms with Crippen molar-refractivity contribution in [3.8, 4) is 6.07 Å². The van der Waals surface area contributed by atoms with Crippen LogP contribution in [-0.4, -0.2) is 0 Å². The Morgan fingerprint density at radius 2 is 1.47 bits per heavy atom. The highest BCUT2D eigenvalue weighted by molar-refractivity contribution is 4.92. The molecule has 1 nitrogen and oxygen atoms in total. The minimum Gasteiger partial charge on any atom is -0.198 e. The maximum atomic E-state index is 8.29. The maximum Gasteiger partial charge on any atom is 0.0663 e. The summed E-state index contributed by atoms with van der Waals surface area (Å²) in [5.74, 6) is 0.